The Labute approximate surface area is 131 Å². The van der Waals surface area contributed by atoms with Crippen LogP contribution in [0.4, 0.5) is 0 Å². The summed E-state index contributed by atoms with van der Waals surface area (Å²) in [7, 11) is 1.87. The minimum atomic E-state index is 0.0570. The average molecular weight is 316 g/mol. The molecule has 0 spiro atoms. The van der Waals surface area contributed by atoms with Gasteiger partial charge in [0.15, 0.2) is 0 Å². The number of nitrogens with zero attached hydrogens (tertiary/aromatic N) is 2. The maximum absolute atomic E-state index is 9.25. The Hall–Kier alpha value is -0.620. The molecule has 1 fully saturated rings. The molecule has 0 radical (unpaired) electrons. The van der Waals surface area contributed by atoms with Crippen LogP contribution in [-0.4, -0.2) is 41.3 Å². The number of hydrogen-bond donors (Lipinski definition) is 2. The van der Waals surface area contributed by atoms with E-state index in [1.165, 1.54) is 0 Å². The molecule has 2 N–H and O–H groups in total. The molecule has 0 bridgehead atoms. The van der Waals surface area contributed by atoms with Crippen LogP contribution in [0.3, 0.4) is 0 Å². The van der Waals surface area contributed by atoms with Crippen LogP contribution in [0.2, 0.25) is 5.15 Å². The van der Waals surface area contributed by atoms with Gasteiger partial charge in [0, 0.05) is 44.3 Å². The van der Waals surface area contributed by atoms with Gasteiger partial charge in [-0.3, -0.25) is 4.68 Å². The van der Waals surface area contributed by atoms with Crippen molar-refractivity contribution in [3.8, 4) is 0 Å². The topological polar surface area (TPSA) is 59.3 Å². The van der Waals surface area contributed by atoms with E-state index in [4.69, 9.17) is 16.3 Å². The number of rotatable bonds is 7. The molecule has 5 nitrogen and oxygen atoms in total. The first-order valence-corrected chi connectivity index (χ1v) is 7.97. The second-order valence-electron chi connectivity index (χ2n) is 6.31. The summed E-state index contributed by atoms with van der Waals surface area (Å²) in [5.41, 5.74) is 2.18. The van der Waals surface area contributed by atoms with Crippen molar-refractivity contribution in [3.05, 3.63) is 16.4 Å². The lowest BCUT2D eigenvalue weighted by Gasteiger charge is -2.27. The first kappa shape index (κ1) is 16.7. The van der Waals surface area contributed by atoms with E-state index < -0.39 is 0 Å². The Bertz CT molecular complexity index is 468. The average Bonchev–Trinajstić information content (AvgIpc) is 2.99. The van der Waals surface area contributed by atoms with E-state index in [0.29, 0.717) is 17.6 Å². The predicted octanol–water partition coefficient (Wildman–Crippen LogP) is 2.08. The number of aryl methyl sites for hydroxylation is 1. The second kappa shape index (κ2) is 7.09. The van der Waals surface area contributed by atoms with Crippen LogP contribution < -0.4 is 5.32 Å². The van der Waals surface area contributed by atoms with Crippen LogP contribution in [-0.2, 0) is 18.3 Å². The van der Waals surface area contributed by atoms with Crippen molar-refractivity contribution in [3.63, 3.8) is 0 Å². The molecule has 0 aliphatic carbocycles. The lowest BCUT2D eigenvalue weighted by molar-refractivity contribution is 0.124. The van der Waals surface area contributed by atoms with E-state index in [2.05, 4.69) is 24.3 Å². The molecule has 1 saturated heterocycles. The Balaban J connectivity index is 2.00. The van der Waals surface area contributed by atoms with Crippen LogP contribution in [0.1, 0.15) is 43.9 Å². The van der Waals surface area contributed by atoms with Crippen molar-refractivity contribution < 1.29 is 9.84 Å². The molecule has 0 saturated carbocycles. The summed E-state index contributed by atoms with van der Waals surface area (Å²) in [6.45, 7) is 7.49. The minimum Gasteiger partial charge on any atom is -0.396 e. The molecule has 1 aliphatic heterocycles. The molecule has 2 rings (SSSR count). The minimum absolute atomic E-state index is 0.0570. The molecule has 1 atom stereocenters. The SMILES string of the molecule is CC(C)c1nn(C)c(Cl)c1CNCC1(CCO)CCOC1. The number of hydrogen-bond acceptors (Lipinski definition) is 4. The number of aromatic nitrogens is 2. The maximum atomic E-state index is 9.25. The van der Waals surface area contributed by atoms with E-state index in [1.807, 2.05) is 7.05 Å². The molecular formula is C15H26ClN3O2. The monoisotopic (exact) mass is 315 g/mol. The second-order valence-corrected chi connectivity index (χ2v) is 6.67. The molecule has 1 aromatic rings. The molecule has 1 aromatic heterocycles. The van der Waals surface area contributed by atoms with E-state index in [9.17, 15) is 5.11 Å². The van der Waals surface area contributed by atoms with Crippen molar-refractivity contribution in [2.24, 2.45) is 12.5 Å². The van der Waals surface area contributed by atoms with Crippen molar-refractivity contribution in [1.29, 1.82) is 0 Å². The van der Waals surface area contributed by atoms with Crippen LogP contribution in [0, 0.1) is 5.41 Å². The third kappa shape index (κ3) is 3.77. The Morgan fingerprint density at radius 1 is 1.52 bits per heavy atom. The Morgan fingerprint density at radius 2 is 2.29 bits per heavy atom. The lowest BCUT2D eigenvalue weighted by Crippen LogP contribution is -2.35. The smallest absolute Gasteiger partial charge is 0.131 e. The summed E-state index contributed by atoms with van der Waals surface area (Å²) >= 11 is 6.35. The maximum Gasteiger partial charge on any atom is 0.131 e. The van der Waals surface area contributed by atoms with Gasteiger partial charge in [-0.25, -0.2) is 0 Å². The summed E-state index contributed by atoms with van der Waals surface area (Å²) in [6.07, 6.45) is 1.77. The Morgan fingerprint density at radius 3 is 2.86 bits per heavy atom. The highest BCUT2D eigenvalue weighted by atomic mass is 35.5. The van der Waals surface area contributed by atoms with Gasteiger partial charge in [-0.1, -0.05) is 25.4 Å². The van der Waals surface area contributed by atoms with Crippen molar-refractivity contribution in [2.75, 3.05) is 26.4 Å². The molecule has 0 amide bonds. The molecular weight excluding hydrogens is 290 g/mol. The molecule has 2 heterocycles. The number of aliphatic hydroxyl groups excluding tert-OH is 1. The fourth-order valence-corrected chi connectivity index (χ4v) is 3.16. The molecule has 120 valence electrons. The van der Waals surface area contributed by atoms with Gasteiger partial charge in [0.05, 0.1) is 12.3 Å². The van der Waals surface area contributed by atoms with Gasteiger partial charge in [-0.05, 0) is 18.8 Å². The van der Waals surface area contributed by atoms with Gasteiger partial charge >= 0.3 is 0 Å². The van der Waals surface area contributed by atoms with Gasteiger partial charge in [0.25, 0.3) is 0 Å². The molecule has 0 aromatic carbocycles. The van der Waals surface area contributed by atoms with Crippen molar-refractivity contribution >= 4 is 11.6 Å². The van der Waals surface area contributed by atoms with E-state index in [1.54, 1.807) is 4.68 Å². The van der Waals surface area contributed by atoms with E-state index in [-0.39, 0.29) is 12.0 Å². The quantitative estimate of drug-likeness (QED) is 0.809. The molecule has 21 heavy (non-hydrogen) atoms. The van der Waals surface area contributed by atoms with Gasteiger partial charge in [0.2, 0.25) is 0 Å². The van der Waals surface area contributed by atoms with E-state index in [0.717, 1.165) is 43.9 Å². The highest BCUT2D eigenvalue weighted by molar-refractivity contribution is 6.30. The van der Waals surface area contributed by atoms with Gasteiger partial charge in [-0.15, -0.1) is 0 Å². The van der Waals surface area contributed by atoms with Gasteiger partial charge in [0.1, 0.15) is 5.15 Å². The predicted molar refractivity (Wildman–Crippen MR) is 83.6 cm³/mol. The zero-order valence-electron chi connectivity index (χ0n) is 13.2. The first-order valence-electron chi connectivity index (χ1n) is 7.60. The normalized spacial score (nSPS) is 22.4. The molecule has 6 heteroatoms. The fourth-order valence-electron chi connectivity index (χ4n) is 2.96. The lowest BCUT2D eigenvalue weighted by atomic mass is 9.84. The van der Waals surface area contributed by atoms with Crippen LogP contribution in [0.25, 0.3) is 0 Å². The highest BCUT2D eigenvalue weighted by Gasteiger charge is 2.34. The zero-order valence-corrected chi connectivity index (χ0v) is 13.9. The third-order valence-corrected chi connectivity index (χ3v) is 4.75. The highest BCUT2D eigenvalue weighted by Crippen LogP contribution is 2.32. The summed E-state index contributed by atoms with van der Waals surface area (Å²) in [5, 5.41) is 17.9. The van der Waals surface area contributed by atoms with Gasteiger partial charge in [-0.2, -0.15) is 5.10 Å². The molecule has 1 aliphatic rings. The number of ether oxygens (including phenoxy) is 1. The summed E-state index contributed by atoms with van der Waals surface area (Å²) in [6, 6.07) is 0. The third-order valence-electron chi connectivity index (χ3n) is 4.28. The number of halogens is 1. The number of nitrogens with one attached hydrogen (secondary N) is 1. The summed E-state index contributed by atoms with van der Waals surface area (Å²) in [4.78, 5) is 0. The van der Waals surface area contributed by atoms with Crippen molar-refractivity contribution in [2.45, 2.75) is 39.2 Å². The summed E-state index contributed by atoms with van der Waals surface area (Å²) < 4.78 is 7.24. The summed E-state index contributed by atoms with van der Waals surface area (Å²) in [5.74, 6) is 0.349. The van der Waals surface area contributed by atoms with Crippen LogP contribution in [0.5, 0.6) is 0 Å². The number of aliphatic hydroxyl groups is 1. The van der Waals surface area contributed by atoms with Crippen molar-refractivity contribution in [1.82, 2.24) is 15.1 Å². The van der Waals surface area contributed by atoms with Gasteiger partial charge < -0.3 is 15.2 Å². The van der Waals surface area contributed by atoms with E-state index >= 15 is 0 Å². The van der Waals surface area contributed by atoms with Crippen LogP contribution >= 0.6 is 11.6 Å². The standard InChI is InChI=1S/C15H26ClN3O2/c1-11(2)13-12(14(16)19(3)18-13)8-17-9-15(4-6-20)5-7-21-10-15/h11,17,20H,4-10H2,1-3H3. The van der Waals surface area contributed by atoms with Crippen LogP contribution in [0.15, 0.2) is 0 Å². The largest absolute Gasteiger partial charge is 0.396 e. The molecule has 1 unspecified atom stereocenters. The fraction of sp³-hybridized carbons (Fsp3) is 0.800. The Kier molecular flexibility index (Phi) is 5.66. The first-order chi connectivity index (χ1) is 9.99. The zero-order chi connectivity index (χ0) is 15.5.